The molecule has 134 valence electrons. The van der Waals surface area contributed by atoms with E-state index in [0.29, 0.717) is 10.7 Å². The van der Waals surface area contributed by atoms with Crippen molar-refractivity contribution < 1.29 is 14.3 Å². The van der Waals surface area contributed by atoms with Gasteiger partial charge in [-0.05, 0) is 92.8 Å². The van der Waals surface area contributed by atoms with Crippen LogP contribution < -0.4 is 4.74 Å². The number of ether oxygens (including phenoxy) is 1. The molecule has 1 heterocycles. The lowest BCUT2D eigenvalue weighted by Crippen LogP contribution is -2.27. The second-order valence-corrected chi connectivity index (χ2v) is 9.72. The van der Waals surface area contributed by atoms with Crippen LogP contribution in [-0.2, 0) is 11.3 Å². The topological polar surface area (TPSA) is 46.6 Å². The average Bonchev–Trinajstić information content (AvgIpc) is 2.84. The zero-order valence-corrected chi connectivity index (χ0v) is 20.2. The van der Waals surface area contributed by atoms with E-state index in [1.54, 1.807) is 13.2 Å². The fourth-order valence-electron chi connectivity index (χ4n) is 2.45. The Morgan fingerprint density at radius 3 is 2.54 bits per heavy atom. The number of imide groups is 1. The standard InChI is InChI=1S/C18H12BrI2NO3S/c1-25-16-11(6-13(20)8-14(16)21)7-15-17(23)22(18(24)26-15)9-10-2-4-12(19)5-3-10/h2-8H,9H2,1H3/b15-7-. The minimum Gasteiger partial charge on any atom is -0.495 e. The maximum absolute atomic E-state index is 12.7. The van der Waals surface area contributed by atoms with Gasteiger partial charge < -0.3 is 4.74 Å². The van der Waals surface area contributed by atoms with E-state index in [-0.39, 0.29) is 17.7 Å². The lowest BCUT2D eigenvalue weighted by atomic mass is 10.1. The summed E-state index contributed by atoms with van der Waals surface area (Å²) in [6.45, 7) is 0.260. The summed E-state index contributed by atoms with van der Waals surface area (Å²) in [6.07, 6.45) is 1.73. The van der Waals surface area contributed by atoms with Crippen molar-refractivity contribution in [1.29, 1.82) is 0 Å². The van der Waals surface area contributed by atoms with E-state index in [1.165, 1.54) is 4.90 Å². The van der Waals surface area contributed by atoms with Crippen molar-refractivity contribution in [2.45, 2.75) is 6.54 Å². The van der Waals surface area contributed by atoms with Gasteiger partial charge in [0.05, 0.1) is 22.1 Å². The number of carbonyl (C=O) groups is 2. The predicted molar refractivity (Wildman–Crippen MR) is 124 cm³/mol. The Morgan fingerprint density at radius 1 is 1.19 bits per heavy atom. The van der Waals surface area contributed by atoms with Crippen molar-refractivity contribution in [3.63, 3.8) is 0 Å². The molecule has 1 fully saturated rings. The van der Waals surface area contributed by atoms with Crippen molar-refractivity contribution in [1.82, 2.24) is 4.90 Å². The number of methoxy groups -OCH3 is 1. The molecule has 26 heavy (non-hydrogen) atoms. The molecule has 0 N–H and O–H groups in total. The van der Waals surface area contributed by atoms with Crippen LogP contribution in [0.5, 0.6) is 5.75 Å². The Labute approximate surface area is 191 Å². The predicted octanol–water partition coefficient (Wildman–Crippen LogP) is 5.90. The smallest absolute Gasteiger partial charge is 0.293 e. The monoisotopic (exact) mass is 655 g/mol. The molecule has 0 unspecified atom stereocenters. The zero-order chi connectivity index (χ0) is 18.8. The highest BCUT2D eigenvalue weighted by Gasteiger charge is 2.35. The third-order valence-corrected chi connectivity index (χ3v) is 6.52. The molecule has 2 aromatic rings. The van der Waals surface area contributed by atoms with Crippen LogP contribution in [0.1, 0.15) is 11.1 Å². The fourth-order valence-corrected chi connectivity index (χ4v) is 5.66. The fraction of sp³-hybridized carbons (Fsp3) is 0.111. The van der Waals surface area contributed by atoms with Gasteiger partial charge in [0.15, 0.2) is 0 Å². The van der Waals surface area contributed by atoms with Gasteiger partial charge in [-0.2, -0.15) is 0 Å². The summed E-state index contributed by atoms with van der Waals surface area (Å²) in [7, 11) is 1.60. The Morgan fingerprint density at radius 2 is 1.88 bits per heavy atom. The molecule has 1 aliphatic rings. The van der Waals surface area contributed by atoms with Gasteiger partial charge in [-0.15, -0.1) is 0 Å². The summed E-state index contributed by atoms with van der Waals surface area (Å²) < 4.78 is 8.40. The lowest BCUT2D eigenvalue weighted by Gasteiger charge is -2.12. The van der Waals surface area contributed by atoms with Crippen molar-refractivity contribution in [2.24, 2.45) is 0 Å². The number of thioether (sulfide) groups is 1. The molecule has 4 nitrogen and oxygen atoms in total. The SMILES string of the molecule is COc1c(I)cc(I)cc1/C=C1\SC(=O)N(Cc2ccc(Br)cc2)C1=O. The van der Waals surface area contributed by atoms with Crippen molar-refractivity contribution in [2.75, 3.05) is 7.11 Å². The quantitative estimate of drug-likeness (QED) is 0.304. The molecule has 0 aliphatic carbocycles. The van der Waals surface area contributed by atoms with E-state index >= 15 is 0 Å². The molecule has 0 bridgehead atoms. The van der Waals surface area contributed by atoms with Crippen LogP contribution in [-0.4, -0.2) is 23.2 Å². The molecular weight excluding hydrogens is 644 g/mol. The van der Waals surface area contributed by atoms with Gasteiger partial charge >= 0.3 is 0 Å². The highest BCUT2D eigenvalue weighted by molar-refractivity contribution is 14.1. The Balaban J connectivity index is 1.89. The van der Waals surface area contributed by atoms with E-state index in [0.717, 1.165) is 34.5 Å². The van der Waals surface area contributed by atoms with E-state index in [9.17, 15) is 9.59 Å². The van der Waals surface area contributed by atoms with Gasteiger partial charge in [0.1, 0.15) is 5.75 Å². The number of halogens is 3. The molecular formula is C18H12BrI2NO3S. The molecule has 0 radical (unpaired) electrons. The lowest BCUT2D eigenvalue weighted by molar-refractivity contribution is -0.123. The number of nitrogens with zero attached hydrogens (tertiary/aromatic N) is 1. The summed E-state index contributed by atoms with van der Waals surface area (Å²) in [6, 6.07) is 11.5. The van der Waals surface area contributed by atoms with Crippen LogP contribution in [0.2, 0.25) is 0 Å². The number of benzene rings is 2. The number of carbonyl (C=O) groups excluding carboxylic acids is 2. The number of hydrogen-bond acceptors (Lipinski definition) is 4. The van der Waals surface area contributed by atoms with Gasteiger partial charge in [-0.1, -0.05) is 28.1 Å². The molecule has 0 spiro atoms. The van der Waals surface area contributed by atoms with E-state index in [4.69, 9.17) is 4.74 Å². The molecule has 1 aliphatic heterocycles. The molecule has 3 rings (SSSR count). The highest BCUT2D eigenvalue weighted by atomic mass is 127. The second kappa shape index (κ2) is 8.61. The van der Waals surface area contributed by atoms with Crippen LogP contribution in [0.15, 0.2) is 45.8 Å². The summed E-state index contributed by atoms with van der Waals surface area (Å²) >= 11 is 8.76. The van der Waals surface area contributed by atoms with Crippen molar-refractivity contribution in [3.8, 4) is 5.75 Å². The first-order valence-electron chi connectivity index (χ1n) is 7.42. The van der Waals surface area contributed by atoms with Gasteiger partial charge in [-0.3, -0.25) is 14.5 Å². The third kappa shape index (κ3) is 4.45. The molecule has 2 aromatic carbocycles. The number of rotatable bonds is 4. The molecule has 0 saturated carbocycles. The molecule has 2 amide bonds. The van der Waals surface area contributed by atoms with Crippen LogP contribution in [0, 0.1) is 7.14 Å². The van der Waals surface area contributed by atoms with Crippen LogP contribution in [0.4, 0.5) is 4.79 Å². The van der Waals surface area contributed by atoms with Gasteiger partial charge in [-0.25, -0.2) is 0 Å². The minimum atomic E-state index is -0.279. The van der Waals surface area contributed by atoms with Crippen molar-refractivity contribution in [3.05, 3.63) is 64.0 Å². The van der Waals surface area contributed by atoms with Crippen LogP contribution in [0.25, 0.3) is 6.08 Å². The second-order valence-electron chi connectivity index (χ2n) is 5.40. The largest absolute Gasteiger partial charge is 0.495 e. The number of hydrogen-bond donors (Lipinski definition) is 0. The Hall–Kier alpha value is -0.590. The molecule has 1 saturated heterocycles. The first-order valence-corrected chi connectivity index (χ1v) is 11.2. The maximum atomic E-state index is 12.7. The highest BCUT2D eigenvalue weighted by Crippen LogP contribution is 2.36. The van der Waals surface area contributed by atoms with Crippen LogP contribution in [0.3, 0.4) is 0 Å². The summed E-state index contributed by atoms with van der Waals surface area (Å²) in [5.74, 6) is 0.421. The maximum Gasteiger partial charge on any atom is 0.293 e. The average molecular weight is 656 g/mol. The van der Waals surface area contributed by atoms with Crippen molar-refractivity contribution >= 4 is 90.1 Å². The summed E-state index contributed by atoms with van der Waals surface area (Å²) in [5.41, 5.74) is 1.69. The minimum absolute atomic E-state index is 0.260. The van der Waals surface area contributed by atoms with Gasteiger partial charge in [0, 0.05) is 13.6 Å². The Kier molecular flexibility index (Phi) is 6.68. The van der Waals surface area contributed by atoms with Gasteiger partial charge in [0.2, 0.25) is 0 Å². The third-order valence-electron chi connectivity index (χ3n) is 3.66. The van der Waals surface area contributed by atoms with E-state index in [1.807, 2.05) is 36.4 Å². The molecule has 0 aromatic heterocycles. The van der Waals surface area contributed by atoms with E-state index in [2.05, 4.69) is 61.1 Å². The summed E-state index contributed by atoms with van der Waals surface area (Å²) in [5, 5.41) is -0.261. The van der Waals surface area contributed by atoms with Gasteiger partial charge in [0.25, 0.3) is 11.1 Å². The first kappa shape index (κ1) is 20.2. The molecule has 8 heteroatoms. The summed E-state index contributed by atoms with van der Waals surface area (Å²) in [4.78, 5) is 26.7. The zero-order valence-electron chi connectivity index (χ0n) is 13.5. The normalized spacial score (nSPS) is 15.8. The first-order chi connectivity index (χ1) is 12.4. The Bertz CT molecular complexity index is 915. The van der Waals surface area contributed by atoms with E-state index < -0.39 is 0 Å². The molecule has 0 atom stereocenters. The number of amides is 2. The van der Waals surface area contributed by atoms with Crippen LogP contribution >= 0.6 is 72.9 Å².